The van der Waals surface area contributed by atoms with Crippen molar-refractivity contribution in [2.24, 2.45) is 0 Å². The third kappa shape index (κ3) is 5.13. The number of carbonyl (C=O) groups is 1. The van der Waals surface area contributed by atoms with Gasteiger partial charge in [0.15, 0.2) is 5.13 Å². The average Bonchev–Trinajstić information content (AvgIpc) is 3.16. The smallest absolute Gasteiger partial charge is 0.262 e. The van der Waals surface area contributed by atoms with Crippen LogP contribution in [0.5, 0.6) is 0 Å². The van der Waals surface area contributed by atoms with Crippen molar-refractivity contribution in [3.05, 3.63) is 44.1 Å². The zero-order valence-electron chi connectivity index (χ0n) is 15.2. The number of halogens is 3. The molecule has 0 radical (unpaired) electrons. The Morgan fingerprint density at radius 3 is 2.48 bits per heavy atom. The van der Waals surface area contributed by atoms with E-state index in [4.69, 9.17) is 23.2 Å². The van der Waals surface area contributed by atoms with E-state index in [1.54, 1.807) is 11.0 Å². The normalized spacial score (nSPS) is 11.0. The molecule has 0 unspecified atom stereocenters. The quantitative estimate of drug-likeness (QED) is 0.458. The second-order valence-electron chi connectivity index (χ2n) is 6.15. The van der Waals surface area contributed by atoms with E-state index >= 15 is 0 Å². The Labute approximate surface area is 183 Å². The molecule has 0 saturated carbocycles. The maximum absolute atomic E-state index is 13.1. The first kappa shape index (κ1) is 22.4. The third-order valence-corrected chi connectivity index (χ3v) is 6.51. The van der Waals surface area contributed by atoms with Gasteiger partial charge in [0.2, 0.25) is 0 Å². The lowest BCUT2D eigenvalue weighted by atomic mass is 10.2. The van der Waals surface area contributed by atoms with Gasteiger partial charge in [-0.2, -0.15) is 0 Å². The molecule has 1 amide bonds. The predicted molar refractivity (Wildman–Crippen MR) is 121 cm³/mol. The van der Waals surface area contributed by atoms with Crippen molar-refractivity contribution in [1.29, 1.82) is 0 Å². The molecular weight excluding hydrogens is 445 g/mol. The number of amides is 1. The summed E-state index contributed by atoms with van der Waals surface area (Å²) in [5, 5.41) is 0.679. The summed E-state index contributed by atoms with van der Waals surface area (Å²) < 4.78 is 1.99. The highest BCUT2D eigenvalue weighted by Crippen LogP contribution is 2.35. The average molecular weight is 465 g/mol. The highest BCUT2D eigenvalue weighted by molar-refractivity contribution is 7.22. The van der Waals surface area contributed by atoms with E-state index in [0.29, 0.717) is 25.9 Å². The summed E-state index contributed by atoms with van der Waals surface area (Å²) in [6.45, 7) is 3.37. The molecule has 9 heteroatoms. The van der Waals surface area contributed by atoms with E-state index < -0.39 is 0 Å². The maximum atomic E-state index is 13.1. The van der Waals surface area contributed by atoms with Crippen LogP contribution in [0.3, 0.4) is 0 Å². The molecule has 0 atom stereocenters. The van der Waals surface area contributed by atoms with Crippen LogP contribution in [0.1, 0.15) is 22.8 Å². The fraction of sp³-hybridized carbons (Fsp3) is 0.333. The molecule has 0 aliphatic heterocycles. The monoisotopic (exact) mass is 463 g/mol. The molecule has 0 aliphatic rings. The van der Waals surface area contributed by atoms with Gasteiger partial charge in [0.05, 0.1) is 20.1 Å². The van der Waals surface area contributed by atoms with Crippen molar-refractivity contribution >= 4 is 79.5 Å². The van der Waals surface area contributed by atoms with E-state index in [0.717, 1.165) is 23.2 Å². The fourth-order valence-corrected chi connectivity index (χ4v) is 5.01. The van der Waals surface area contributed by atoms with E-state index in [2.05, 4.69) is 24.0 Å². The first-order chi connectivity index (χ1) is 12.4. The van der Waals surface area contributed by atoms with Gasteiger partial charge in [-0.3, -0.25) is 9.69 Å². The number of fused-ring (bicyclic) bond motifs is 1. The molecule has 0 aliphatic carbocycles. The summed E-state index contributed by atoms with van der Waals surface area (Å²) in [4.78, 5) is 21.5. The van der Waals surface area contributed by atoms with Crippen LogP contribution < -0.4 is 4.90 Å². The molecule has 0 bridgehead atoms. The summed E-state index contributed by atoms with van der Waals surface area (Å²) in [6, 6.07) is 7.85. The molecule has 3 rings (SSSR count). The van der Waals surface area contributed by atoms with Crippen molar-refractivity contribution in [1.82, 2.24) is 9.88 Å². The van der Waals surface area contributed by atoms with Crippen molar-refractivity contribution in [2.75, 3.05) is 32.1 Å². The van der Waals surface area contributed by atoms with Crippen LogP contribution in [0.2, 0.25) is 8.67 Å². The molecule has 2 aromatic heterocycles. The van der Waals surface area contributed by atoms with Gasteiger partial charge in [-0.15, -0.1) is 23.7 Å². The maximum Gasteiger partial charge on any atom is 0.262 e. The van der Waals surface area contributed by atoms with Gasteiger partial charge in [0.1, 0.15) is 4.34 Å². The van der Waals surface area contributed by atoms with Gasteiger partial charge in [0.25, 0.3) is 5.91 Å². The number of hydrogen-bond donors (Lipinski definition) is 0. The number of carbonyl (C=O) groups excluding carboxylic acids is 1. The minimum Gasteiger partial charge on any atom is -0.308 e. The number of likely N-dealkylation sites (N-methyl/N-ethyl adjacent to an activating group) is 1. The molecular formula is C18H20Cl3N3OS2. The number of anilines is 1. The molecule has 1 aromatic carbocycles. The topological polar surface area (TPSA) is 36.4 Å². The van der Waals surface area contributed by atoms with Gasteiger partial charge in [0, 0.05) is 13.1 Å². The van der Waals surface area contributed by atoms with Gasteiger partial charge in [-0.05, 0) is 44.3 Å². The summed E-state index contributed by atoms with van der Waals surface area (Å²) in [5.41, 5.74) is 2.58. The second kappa shape index (κ2) is 9.54. The van der Waals surface area contributed by atoms with Gasteiger partial charge in [-0.1, -0.05) is 47.5 Å². The second-order valence-corrected chi connectivity index (χ2v) is 9.44. The lowest BCUT2D eigenvalue weighted by Crippen LogP contribution is -2.36. The number of aryl methyl sites for hydroxylation is 1. The van der Waals surface area contributed by atoms with Crippen molar-refractivity contribution in [3.63, 3.8) is 0 Å². The fourth-order valence-electron chi connectivity index (χ4n) is 2.51. The number of aromatic nitrogens is 1. The van der Waals surface area contributed by atoms with Gasteiger partial charge < -0.3 is 4.90 Å². The van der Waals surface area contributed by atoms with E-state index in [-0.39, 0.29) is 18.3 Å². The zero-order valence-corrected chi connectivity index (χ0v) is 19.1. The zero-order chi connectivity index (χ0) is 18.8. The third-order valence-electron chi connectivity index (χ3n) is 3.98. The highest BCUT2D eigenvalue weighted by atomic mass is 35.5. The van der Waals surface area contributed by atoms with E-state index in [1.807, 2.05) is 25.1 Å². The van der Waals surface area contributed by atoms with Crippen LogP contribution in [-0.4, -0.2) is 43.0 Å². The summed E-state index contributed by atoms with van der Waals surface area (Å²) in [7, 11) is 3.95. The number of thiophene rings is 1. The first-order valence-corrected chi connectivity index (χ1v) is 10.6. The molecule has 2 heterocycles. The van der Waals surface area contributed by atoms with Crippen LogP contribution in [0, 0.1) is 0 Å². The Hall–Kier alpha value is -0.890. The predicted octanol–water partition coefficient (Wildman–Crippen LogP) is 5.86. The molecule has 0 saturated heterocycles. The Morgan fingerprint density at radius 2 is 1.89 bits per heavy atom. The number of hydrogen-bond acceptors (Lipinski definition) is 5. The van der Waals surface area contributed by atoms with Crippen LogP contribution in [-0.2, 0) is 6.42 Å². The number of thiazole rings is 1. The Morgan fingerprint density at radius 1 is 1.15 bits per heavy atom. The molecule has 4 nitrogen and oxygen atoms in total. The largest absolute Gasteiger partial charge is 0.308 e. The molecule has 0 spiro atoms. The molecule has 3 aromatic rings. The standard InChI is InChI=1S/C18H19Cl2N3OS2.ClH/c1-4-11-5-6-13-14(9-11)25-18(21-13)23(8-7-22(2)3)17(24)12-10-15(19)26-16(12)20;/h5-6,9-10H,4,7-8H2,1-3H3;1H. The number of nitrogens with zero attached hydrogens (tertiary/aromatic N) is 3. The Bertz CT molecular complexity index is 939. The van der Waals surface area contributed by atoms with Crippen LogP contribution in [0.25, 0.3) is 10.2 Å². The van der Waals surface area contributed by atoms with E-state index in [9.17, 15) is 4.79 Å². The minimum atomic E-state index is -0.172. The molecule has 0 fully saturated rings. The van der Waals surface area contributed by atoms with Gasteiger partial charge >= 0.3 is 0 Å². The van der Waals surface area contributed by atoms with Crippen LogP contribution in [0.15, 0.2) is 24.3 Å². The van der Waals surface area contributed by atoms with Crippen LogP contribution >= 0.6 is 58.3 Å². The first-order valence-electron chi connectivity index (χ1n) is 8.20. The molecule has 146 valence electrons. The minimum absolute atomic E-state index is 0. The molecule has 27 heavy (non-hydrogen) atoms. The lowest BCUT2D eigenvalue weighted by Gasteiger charge is -2.21. The van der Waals surface area contributed by atoms with Crippen molar-refractivity contribution in [3.8, 4) is 0 Å². The summed E-state index contributed by atoms with van der Waals surface area (Å²) in [6.07, 6.45) is 0.968. The number of benzene rings is 1. The van der Waals surface area contributed by atoms with E-state index in [1.165, 1.54) is 28.2 Å². The Balaban J connectivity index is 0.00000261. The highest BCUT2D eigenvalue weighted by Gasteiger charge is 2.25. The van der Waals surface area contributed by atoms with Crippen LogP contribution in [0.4, 0.5) is 5.13 Å². The summed E-state index contributed by atoms with van der Waals surface area (Å²) in [5.74, 6) is -0.172. The summed E-state index contributed by atoms with van der Waals surface area (Å²) >= 11 is 15.0. The molecule has 0 N–H and O–H groups in total. The Kier molecular flexibility index (Phi) is 7.92. The van der Waals surface area contributed by atoms with Gasteiger partial charge in [-0.25, -0.2) is 4.98 Å². The SMILES string of the molecule is CCc1ccc2nc(N(CCN(C)C)C(=O)c3cc(Cl)sc3Cl)sc2c1.Cl. The number of rotatable bonds is 6. The van der Waals surface area contributed by atoms with Crippen molar-refractivity contribution in [2.45, 2.75) is 13.3 Å². The van der Waals surface area contributed by atoms with Crippen molar-refractivity contribution < 1.29 is 4.79 Å². The lowest BCUT2D eigenvalue weighted by molar-refractivity contribution is 0.0986.